The number of nitrogens with one attached hydrogen (secondary N) is 1. The van der Waals surface area contributed by atoms with E-state index in [4.69, 9.17) is 0 Å². The summed E-state index contributed by atoms with van der Waals surface area (Å²) in [6, 6.07) is 6.03. The molecule has 1 aromatic carbocycles. The summed E-state index contributed by atoms with van der Waals surface area (Å²) in [6.07, 6.45) is 6.12. The molecule has 2 amide bonds. The summed E-state index contributed by atoms with van der Waals surface area (Å²) in [5.74, 6) is 0.422. The van der Waals surface area contributed by atoms with Gasteiger partial charge in [0.25, 0.3) is 5.91 Å². The summed E-state index contributed by atoms with van der Waals surface area (Å²) in [7, 11) is 0. The minimum atomic E-state index is 0.0513. The number of rotatable bonds is 2. The van der Waals surface area contributed by atoms with Gasteiger partial charge in [-0.1, -0.05) is 17.2 Å². The fraction of sp³-hybridized carbons (Fsp3) is 0.522. The molecule has 1 aliphatic heterocycles. The van der Waals surface area contributed by atoms with Crippen LogP contribution < -0.4 is 0 Å². The fourth-order valence-electron chi connectivity index (χ4n) is 4.71. The molecule has 1 aromatic heterocycles. The van der Waals surface area contributed by atoms with Crippen LogP contribution in [0.25, 0.3) is 0 Å². The molecule has 0 radical (unpaired) electrons. The van der Waals surface area contributed by atoms with Crippen molar-refractivity contribution >= 4 is 11.8 Å². The second kappa shape index (κ2) is 8.39. The average molecular weight is 395 g/mol. The van der Waals surface area contributed by atoms with E-state index in [0.717, 1.165) is 67.6 Å². The first kappa shape index (κ1) is 19.7. The van der Waals surface area contributed by atoms with Crippen molar-refractivity contribution in [3.63, 3.8) is 0 Å². The molecule has 2 aliphatic rings. The summed E-state index contributed by atoms with van der Waals surface area (Å²) < 4.78 is 0. The smallest absolute Gasteiger partial charge is 0.253 e. The van der Waals surface area contributed by atoms with Gasteiger partial charge in [-0.2, -0.15) is 5.10 Å². The number of H-pyrrole nitrogens is 1. The van der Waals surface area contributed by atoms with Crippen molar-refractivity contribution in [2.24, 2.45) is 5.92 Å². The molecular weight excluding hydrogens is 364 g/mol. The molecule has 1 aliphatic carbocycles. The van der Waals surface area contributed by atoms with E-state index in [2.05, 4.69) is 16.3 Å². The maximum Gasteiger partial charge on any atom is 0.253 e. The molecule has 1 unspecified atom stereocenters. The molecule has 0 spiro atoms. The summed E-state index contributed by atoms with van der Waals surface area (Å²) in [4.78, 5) is 30.0. The summed E-state index contributed by atoms with van der Waals surface area (Å²) in [5, 5.41) is 7.16. The zero-order valence-corrected chi connectivity index (χ0v) is 17.4. The molecule has 6 nitrogen and oxygen atoms in total. The zero-order valence-electron chi connectivity index (χ0n) is 17.4. The highest BCUT2D eigenvalue weighted by Gasteiger charge is 2.30. The second-order valence-corrected chi connectivity index (χ2v) is 8.51. The fourth-order valence-corrected chi connectivity index (χ4v) is 4.71. The molecule has 0 bridgehead atoms. The zero-order chi connectivity index (χ0) is 20.4. The quantitative estimate of drug-likeness (QED) is 0.852. The maximum atomic E-state index is 13.1. The van der Waals surface area contributed by atoms with E-state index in [1.54, 1.807) is 0 Å². The summed E-state index contributed by atoms with van der Waals surface area (Å²) >= 11 is 0. The Morgan fingerprint density at radius 1 is 1.00 bits per heavy atom. The number of carbonyl (C=O) groups excluding carboxylic acids is 2. The van der Waals surface area contributed by atoms with E-state index in [-0.39, 0.29) is 17.7 Å². The topological polar surface area (TPSA) is 69.3 Å². The van der Waals surface area contributed by atoms with Crippen molar-refractivity contribution in [2.45, 2.75) is 46.0 Å². The lowest BCUT2D eigenvalue weighted by molar-refractivity contribution is -0.136. The number of amides is 2. The van der Waals surface area contributed by atoms with Gasteiger partial charge in [-0.3, -0.25) is 14.7 Å². The predicted molar refractivity (Wildman–Crippen MR) is 112 cm³/mol. The monoisotopic (exact) mass is 394 g/mol. The minimum Gasteiger partial charge on any atom is -0.342 e. The molecule has 6 heteroatoms. The van der Waals surface area contributed by atoms with Crippen LogP contribution in [-0.2, 0) is 17.6 Å². The largest absolute Gasteiger partial charge is 0.342 e. The highest BCUT2D eigenvalue weighted by molar-refractivity contribution is 5.94. The van der Waals surface area contributed by atoms with Crippen molar-refractivity contribution < 1.29 is 9.59 Å². The molecule has 2 aromatic rings. The normalized spacial score (nSPS) is 20.0. The Hall–Kier alpha value is -2.63. The molecule has 29 heavy (non-hydrogen) atoms. The van der Waals surface area contributed by atoms with Crippen molar-refractivity contribution in [1.29, 1.82) is 0 Å². The lowest BCUT2D eigenvalue weighted by Gasteiger charge is -2.33. The van der Waals surface area contributed by atoms with Crippen LogP contribution in [0.2, 0.25) is 0 Å². The van der Waals surface area contributed by atoms with Crippen molar-refractivity contribution in [1.82, 2.24) is 20.0 Å². The molecule has 1 atom stereocenters. The molecule has 1 saturated heterocycles. The number of aryl methyl sites for hydroxylation is 3. The van der Waals surface area contributed by atoms with Crippen LogP contribution in [0.4, 0.5) is 0 Å². The van der Waals surface area contributed by atoms with Crippen LogP contribution in [-0.4, -0.2) is 58.0 Å². The Kier molecular flexibility index (Phi) is 5.69. The third-order valence-corrected chi connectivity index (χ3v) is 6.15. The van der Waals surface area contributed by atoms with Gasteiger partial charge in [0.2, 0.25) is 5.91 Å². The van der Waals surface area contributed by atoms with Crippen molar-refractivity contribution in [2.75, 3.05) is 26.2 Å². The lowest BCUT2D eigenvalue weighted by atomic mass is 9.87. The van der Waals surface area contributed by atoms with Gasteiger partial charge in [0.15, 0.2) is 0 Å². The number of hydrogen-bond acceptors (Lipinski definition) is 3. The first-order chi connectivity index (χ1) is 14.0. The SMILES string of the molecule is Cc1cc(C)cc(C(=O)N2CCCN(C(=O)C3CCc4cn[nH]c4C3)CCC2)c1. The number of fused-ring (bicyclic) bond motifs is 1. The summed E-state index contributed by atoms with van der Waals surface area (Å²) in [5.41, 5.74) is 5.37. The van der Waals surface area contributed by atoms with Crippen molar-refractivity contribution in [3.05, 3.63) is 52.3 Å². The predicted octanol–water partition coefficient (Wildman–Crippen LogP) is 2.90. The molecule has 4 rings (SSSR count). The van der Waals surface area contributed by atoms with Gasteiger partial charge in [-0.05, 0) is 57.2 Å². The number of nitrogens with zero attached hydrogens (tertiary/aromatic N) is 3. The molecule has 1 N–H and O–H groups in total. The number of hydrogen-bond donors (Lipinski definition) is 1. The van der Waals surface area contributed by atoms with E-state index >= 15 is 0 Å². The van der Waals surface area contributed by atoms with E-state index in [1.807, 2.05) is 42.0 Å². The Morgan fingerprint density at radius 2 is 1.66 bits per heavy atom. The van der Waals surface area contributed by atoms with Crippen molar-refractivity contribution in [3.8, 4) is 0 Å². The highest BCUT2D eigenvalue weighted by atomic mass is 16.2. The third-order valence-electron chi connectivity index (χ3n) is 6.15. The minimum absolute atomic E-state index is 0.0513. The van der Waals surface area contributed by atoms with Gasteiger partial charge < -0.3 is 9.80 Å². The van der Waals surface area contributed by atoms with Gasteiger partial charge in [0.05, 0.1) is 6.20 Å². The number of aromatic amines is 1. The molecular formula is C23H30N4O2. The second-order valence-electron chi connectivity index (χ2n) is 8.51. The standard InChI is InChI=1S/C23H30N4O2/c1-16-11-17(2)13-20(12-16)23(29)27-9-3-7-26(8-4-10-27)22(28)18-5-6-19-15-24-25-21(19)14-18/h11-13,15,18H,3-10,14H2,1-2H3,(H,24,25). The number of benzene rings is 1. The summed E-state index contributed by atoms with van der Waals surface area (Å²) in [6.45, 7) is 6.90. The van der Waals surface area contributed by atoms with Gasteiger partial charge in [-0.25, -0.2) is 0 Å². The Bertz CT molecular complexity index is 874. The van der Waals surface area contributed by atoms with Crippen LogP contribution in [0.1, 0.15) is 52.0 Å². The van der Waals surface area contributed by atoms with Crippen LogP contribution in [0.15, 0.2) is 24.4 Å². The van der Waals surface area contributed by atoms with E-state index in [9.17, 15) is 9.59 Å². The molecule has 0 saturated carbocycles. The lowest BCUT2D eigenvalue weighted by Crippen LogP contribution is -2.44. The first-order valence-electron chi connectivity index (χ1n) is 10.7. The number of aromatic nitrogens is 2. The first-order valence-corrected chi connectivity index (χ1v) is 10.7. The van der Waals surface area contributed by atoms with E-state index < -0.39 is 0 Å². The Morgan fingerprint density at radius 3 is 2.34 bits per heavy atom. The van der Waals surface area contributed by atoms with Crippen LogP contribution in [0.5, 0.6) is 0 Å². The molecule has 154 valence electrons. The molecule has 1 fully saturated rings. The molecule has 2 heterocycles. The Labute approximate surface area is 172 Å². The van der Waals surface area contributed by atoms with Gasteiger partial charge in [-0.15, -0.1) is 0 Å². The number of carbonyl (C=O) groups is 2. The Balaban J connectivity index is 1.35. The van der Waals surface area contributed by atoms with Gasteiger partial charge in [0.1, 0.15) is 0 Å². The van der Waals surface area contributed by atoms with E-state index in [0.29, 0.717) is 13.1 Å². The van der Waals surface area contributed by atoms with Crippen LogP contribution in [0.3, 0.4) is 0 Å². The van der Waals surface area contributed by atoms with Crippen LogP contribution >= 0.6 is 0 Å². The third kappa shape index (κ3) is 4.36. The highest BCUT2D eigenvalue weighted by Crippen LogP contribution is 2.26. The van der Waals surface area contributed by atoms with E-state index in [1.165, 1.54) is 5.56 Å². The maximum absolute atomic E-state index is 13.1. The van der Waals surface area contributed by atoms with Crippen LogP contribution in [0, 0.1) is 19.8 Å². The van der Waals surface area contributed by atoms with Gasteiger partial charge in [0, 0.05) is 49.8 Å². The average Bonchev–Trinajstić information content (AvgIpc) is 3.14. The van der Waals surface area contributed by atoms with Gasteiger partial charge >= 0.3 is 0 Å².